The molecule has 1 aromatic rings. The molecule has 1 fully saturated rings. The van der Waals surface area contributed by atoms with E-state index in [1.807, 2.05) is 24.3 Å². The number of hydrogen-bond donors (Lipinski definition) is 2. The maximum Gasteiger partial charge on any atom is 0.304 e. The third-order valence-electron chi connectivity index (χ3n) is 3.66. The largest absolute Gasteiger partial charge is 0.481 e. The van der Waals surface area contributed by atoms with Crippen LogP contribution >= 0.6 is 11.8 Å². The van der Waals surface area contributed by atoms with Crippen molar-refractivity contribution in [2.75, 3.05) is 17.7 Å². The second kappa shape index (κ2) is 9.57. The smallest absolute Gasteiger partial charge is 0.304 e. The van der Waals surface area contributed by atoms with E-state index < -0.39 is 5.97 Å². The van der Waals surface area contributed by atoms with Crippen molar-refractivity contribution in [3.05, 3.63) is 29.8 Å². The van der Waals surface area contributed by atoms with E-state index in [4.69, 9.17) is 9.84 Å². The average molecular weight is 337 g/mol. The normalized spacial score (nSPS) is 17.1. The van der Waals surface area contributed by atoms with E-state index in [9.17, 15) is 9.59 Å². The number of benzene rings is 1. The minimum absolute atomic E-state index is 0.0104. The number of thioether (sulfide) groups is 1. The molecule has 0 unspecified atom stereocenters. The molecule has 5 nitrogen and oxygen atoms in total. The molecule has 1 saturated heterocycles. The molecular weight excluding hydrogens is 314 g/mol. The van der Waals surface area contributed by atoms with Crippen molar-refractivity contribution in [2.24, 2.45) is 0 Å². The number of hydrogen-bond acceptors (Lipinski definition) is 4. The standard InChI is InChI=1S/C17H23NO4S/c19-16(7-6-15-5-2-9-22-15)18-14-4-1-3-13(11-14)12-23-10-8-17(20)21/h1,3-4,11,15H,2,5-10,12H2,(H,18,19)(H,20,21)/t15-/m1/s1. The summed E-state index contributed by atoms with van der Waals surface area (Å²) in [5.74, 6) is 0.571. The van der Waals surface area contributed by atoms with Gasteiger partial charge in [-0.05, 0) is 37.0 Å². The number of amides is 1. The molecule has 6 heteroatoms. The van der Waals surface area contributed by atoms with Crippen LogP contribution in [0.1, 0.15) is 37.7 Å². The first-order valence-corrected chi connectivity index (χ1v) is 9.09. The van der Waals surface area contributed by atoms with Crippen LogP contribution in [0.3, 0.4) is 0 Å². The van der Waals surface area contributed by atoms with Crippen LogP contribution in [0.2, 0.25) is 0 Å². The van der Waals surface area contributed by atoms with Gasteiger partial charge in [-0.1, -0.05) is 12.1 Å². The molecule has 0 bridgehead atoms. The van der Waals surface area contributed by atoms with Gasteiger partial charge in [-0.25, -0.2) is 0 Å². The summed E-state index contributed by atoms with van der Waals surface area (Å²) >= 11 is 1.58. The number of carbonyl (C=O) groups is 2. The summed E-state index contributed by atoms with van der Waals surface area (Å²) in [5, 5.41) is 11.5. The predicted molar refractivity (Wildman–Crippen MR) is 91.7 cm³/mol. The summed E-state index contributed by atoms with van der Waals surface area (Å²) in [6, 6.07) is 7.70. The Bertz CT molecular complexity index is 529. The van der Waals surface area contributed by atoms with Crippen LogP contribution in [-0.4, -0.2) is 35.4 Å². The summed E-state index contributed by atoms with van der Waals surface area (Å²) in [7, 11) is 0. The fourth-order valence-electron chi connectivity index (χ4n) is 2.48. The number of rotatable bonds is 9. The third-order valence-corrected chi connectivity index (χ3v) is 4.69. The van der Waals surface area contributed by atoms with Crippen molar-refractivity contribution in [1.82, 2.24) is 0 Å². The lowest BCUT2D eigenvalue weighted by atomic mass is 10.1. The first-order chi connectivity index (χ1) is 11.1. The predicted octanol–water partition coefficient (Wildman–Crippen LogP) is 3.29. The summed E-state index contributed by atoms with van der Waals surface area (Å²) in [5.41, 5.74) is 1.87. The number of aliphatic carboxylic acids is 1. The molecule has 0 spiro atoms. The Hall–Kier alpha value is -1.53. The zero-order chi connectivity index (χ0) is 16.5. The highest BCUT2D eigenvalue weighted by Gasteiger charge is 2.16. The molecule has 2 N–H and O–H groups in total. The minimum Gasteiger partial charge on any atom is -0.481 e. The molecule has 1 aliphatic rings. The molecule has 1 aliphatic heterocycles. The van der Waals surface area contributed by atoms with Gasteiger partial charge in [0.2, 0.25) is 5.91 Å². The molecule has 2 rings (SSSR count). The third kappa shape index (κ3) is 7.05. The van der Waals surface area contributed by atoms with Gasteiger partial charge in [0.15, 0.2) is 0 Å². The second-order valence-electron chi connectivity index (χ2n) is 5.62. The number of carboxylic acids is 1. The van der Waals surface area contributed by atoms with E-state index in [1.165, 1.54) is 0 Å². The highest BCUT2D eigenvalue weighted by molar-refractivity contribution is 7.98. The fraction of sp³-hybridized carbons (Fsp3) is 0.529. The summed E-state index contributed by atoms with van der Waals surface area (Å²) in [6.45, 7) is 0.813. The van der Waals surface area contributed by atoms with Crippen LogP contribution in [0, 0.1) is 0 Å². The molecule has 0 saturated carbocycles. The lowest BCUT2D eigenvalue weighted by Crippen LogP contribution is -2.15. The zero-order valence-corrected chi connectivity index (χ0v) is 13.9. The Morgan fingerprint density at radius 1 is 1.35 bits per heavy atom. The average Bonchev–Trinajstić information content (AvgIpc) is 3.03. The van der Waals surface area contributed by atoms with Crippen molar-refractivity contribution in [3.63, 3.8) is 0 Å². The lowest BCUT2D eigenvalue weighted by molar-refractivity contribution is -0.136. The van der Waals surface area contributed by atoms with Gasteiger partial charge < -0.3 is 15.2 Å². The van der Waals surface area contributed by atoms with Gasteiger partial charge in [0.1, 0.15) is 0 Å². The summed E-state index contributed by atoms with van der Waals surface area (Å²) in [4.78, 5) is 22.5. The Kier molecular flexibility index (Phi) is 7.42. The Balaban J connectivity index is 1.72. The maximum absolute atomic E-state index is 12.0. The van der Waals surface area contributed by atoms with E-state index in [1.54, 1.807) is 11.8 Å². The van der Waals surface area contributed by atoms with E-state index >= 15 is 0 Å². The highest BCUT2D eigenvalue weighted by atomic mass is 32.2. The van der Waals surface area contributed by atoms with Crippen LogP contribution in [-0.2, 0) is 20.1 Å². The van der Waals surface area contributed by atoms with Gasteiger partial charge in [0.05, 0.1) is 12.5 Å². The quantitative estimate of drug-likeness (QED) is 0.676. The number of carboxylic acid groups (broad SMARTS) is 1. The lowest BCUT2D eigenvalue weighted by Gasteiger charge is -2.10. The first kappa shape index (κ1) is 17.8. The van der Waals surface area contributed by atoms with E-state index in [2.05, 4.69) is 5.32 Å². The second-order valence-corrected chi connectivity index (χ2v) is 6.72. The van der Waals surface area contributed by atoms with Crippen molar-refractivity contribution < 1.29 is 19.4 Å². The topological polar surface area (TPSA) is 75.6 Å². The van der Waals surface area contributed by atoms with Crippen molar-refractivity contribution >= 4 is 29.3 Å². The van der Waals surface area contributed by atoms with Gasteiger partial charge in [0, 0.05) is 30.2 Å². The minimum atomic E-state index is -0.773. The molecule has 0 aromatic heterocycles. The molecular formula is C17H23NO4S. The van der Waals surface area contributed by atoms with Gasteiger partial charge in [-0.2, -0.15) is 11.8 Å². The van der Waals surface area contributed by atoms with E-state index in [0.29, 0.717) is 12.2 Å². The summed E-state index contributed by atoms with van der Waals surface area (Å²) < 4.78 is 5.52. The number of carbonyl (C=O) groups excluding carboxylic acids is 1. The van der Waals surface area contributed by atoms with Crippen LogP contribution in [0.5, 0.6) is 0 Å². The molecule has 1 amide bonds. The SMILES string of the molecule is O=C(O)CCSCc1cccc(NC(=O)CC[C@H]2CCCO2)c1. The first-order valence-electron chi connectivity index (χ1n) is 7.93. The molecule has 1 atom stereocenters. The molecule has 126 valence electrons. The van der Waals surface area contributed by atoms with Crippen LogP contribution in [0.4, 0.5) is 5.69 Å². The Labute approximate surface area is 140 Å². The van der Waals surface area contributed by atoms with Gasteiger partial charge in [-0.15, -0.1) is 0 Å². The molecule has 1 heterocycles. The highest BCUT2D eigenvalue weighted by Crippen LogP contribution is 2.19. The fourth-order valence-corrected chi connectivity index (χ4v) is 3.35. The van der Waals surface area contributed by atoms with Crippen LogP contribution in [0.15, 0.2) is 24.3 Å². The van der Waals surface area contributed by atoms with Crippen molar-refractivity contribution in [3.8, 4) is 0 Å². The molecule has 0 aliphatic carbocycles. The van der Waals surface area contributed by atoms with Crippen molar-refractivity contribution in [2.45, 2.75) is 44.0 Å². The van der Waals surface area contributed by atoms with Gasteiger partial charge in [0.25, 0.3) is 0 Å². The number of anilines is 1. The molecule has 0 radical (unpaired) electrons. The van der Waals surface area contributed by atoms with Gasteiger partial charge in [-0.3, -0.25) is 9.59 Å². The number of nitrogens with one attached hydrogen (secondary N) is 1. The monoisotopic (exact) mass is 337 g/mol. The van der Waals surface area contributed by atoms with Crippen LogP contribution in [0.25, 0.3) is 0 Å². The summed E-state index contributed by atoms with van der Waals surface area (Å²) in [6.07, 6.45) is 3.80. The van der Waals surface area contributed by atoms with E-state index in [0.717, 1.165) is 42.9 Å². The Morgan fingerprint density at radius 2 is 2.22 bits per heavy atom. The van der Waals surface area contributed by atoms with Gasteiger partial charge >= 0.3 is 5.97 Å². The number of ether oxygens (including phenoxy) is 1. The van der Waals surface area contributed by atoms with E-state index in [-0.39, 0.29) is 18.4 Å². The zero-order valence-electron chi connectivity index (χ0n) is 13.1. The van der Waals surface area contributed by atoms with Crippen LogP contribution < -0.4 is 5.32 Å². The molecule has 23 heavy (non-hydrogen) atoms. The Morgan fingerprint density at radius 3 is 2.96 bits per heavy atom. The van der Waals surface area contributed by atoms with Crippen molar-refractivity contribution in [1.29, 1.82) is 0 Å². The molecule has 1 aromatic carbocycles. The maximum atomic E-state index is 12.0.